The minimum Gasteiger partial charge on any atom is -0.378 e. The van der Waals surface area contributed by atoms with Gasteiger partial charge in [-0.3, -0.25) is 4.79 Å². The summed E-state index contributed by atoms with van der Waals surface area (Å²) in [5.74, 6) is 0.0184. The number of aromatic amines is 1. The first kappa shape index (κ1) is 19.2. The van der Waals surface area contributed by atoms with Crippen LogP contribution in [0, 0.1) is 0 Å². The SMILES string of the molecule is O=C(/C(=C/c1cccc(C(F)(F)F)c1)c1nc2ccccc2[nH]1)N1CCOCC1. The summed E-state index contributed by atoms with van der Waals surface area (Å²) < 4.78 is 44.6. The summed E-state index contributed by atoms with van der Waals surface area (Å²) in [7, 11) is 0. The van der Waals surface area contributed by atoms with Crippen molar-refractivity contribution < 1.29 is 22.7 Å². The molecule has 0 aliphatic carbocycles. The fourth-order valence-electron chi connectivity index (χ4n) is 3.22. The van der Waals surface area contributed by atoms with Crippen LogP contribution in [0.15, 0.2) is 48.5 Å². The zero-order valence-corrected chi connectivity index (χ0v) is 15.4. The van der Waals surface area contributed by atoms with Gasteiger partial charge in [0.2, 0.25) is 0 Å². The molecular formula is C21H18F3N3O2. The summed E-state index contributed by atoms with van der Waals surface area (Å²) in [6.07, 6.45) is -3.01. The van der Waals surface area contributed by atoms with E-state index in [2.05, 4.69) is 9.97 Å². The summed E-state index contributed by atoms with van der Waals surface area (Å²) >= 11 is 0. The van der Waals surface area contributed by atoms with E-state index in [1.165, 1.54) is 18.2 Å². The molecule has 150 valence electrons. The summed E-state index contributed by atoms with van der Waals surface area (Å²) in [5.41, 5.74) is 1.13. The number of ether oxygens (including phenoxy) is 1. The molecule has 4 rings (SSSR count). The Morgan fingerprint density at radius 1 is 1.10 bits per heavy atom. The van der Waals surface area contributed by atoms with Gasteiger partial charge in [-0.1, -0.05) is 24.3 Å². The number of carbonyl (C=O) groups excluding carboxylic acids is 1. The lowest BCUT2D eigenvalue weighted by Gasteiger charge is -2.27. The van der Waals surface area contributed by atoms with E-state index in [0.717, 1.165) is 17.6 Å². The second-order valence-electron chi connectivity index (χ2n) is 6.69. The third-order valence-corrected chi connectivity index (χ3v) is 4.70. The van der Waals surface area contributed by atoms with Crippen LogP contribution in [0.2, 0.25) is 0 Å². The number of fused-ring (bicyclic) bond motifs is 1. The van der Waals surface area contributed by atoms with Crippen molar-refractivity contribution in [1.29, 1.82) is 0 Å². The highest BCUT2D eigenvalue weighted by Crippen LogP contribution is 2.30. The monoisotopic (exact) mass is 401 g/mol. The molecule has 0 radical (unpaired) electrons. The van der Waals surface area contributed by atoms with Crippen LogP contribution < -0.4 is 0 Å². The van der Waals surface area contributed by atoms with Crippen LogP contribution in [-0.4, -0.2) is 47.1 Å². The van der Waals surface area contributed by atoms with Crippen molar-refractivity contribution in [2.75, 3.05) is 26.3 Å². The van der Waals surface area contributed by atoms with Crippen molar-refractivity contribution in [1.82, 2.24) is 14.9 Å². The first-order chi connectivity index (χ1) is 13.9. The lowest BCUT2D eigenvalue weighted by molar-refractivity contribution is -0.137. The zero-order valence-electron chi connectivity index (χ0n) is 15.4. The number of imidazole rings is 1. The number of benzene rings is 2. The van der Waals surface area contributed by atoms with Crippen molar-refractivity contribution >= 4 is 28.6 Å². The fourth-order valence-corrected chi connectivity index (χ4v) is 3.22. The molecule has 1 saturated heterocycles. The van der Waals surface area contributed by atoms with Crippen LogP contribution in [0.1, 0.15) is 17.0 Å². The Hall–Kier alpha value is -3.13. The van der Waals surface area contributed by atoms with Gasteiger partial charge in [0.05, 0.1) is 35.4 Å². The number of amides is 1. The van der Waals surface area contributed by atoms with Crippen molar-refractivity contribution in [3.63, 3.8) is 0 Å². The molecule has 0 unspecified atom stereocenters. The van der Waals surface area contributed by atoms with E-state index in [9.17, 15) is 18.0 Å². The largest absolute Gasteiger partial charge is 0.416 e. The van der Waals surface area contributed by atoms with Gasteiger partial charge in [0.1, 0.15) is 5.82 Å². The molecule has 3 aromatic rings. The van der Waals surface area contributed by atoms with Gasteiger partial charge in [0, 0.05) is 13.1 Å². The Labute approximate surface area is 164 Å². The molecule has 2 heterocycles. The van der Waals surface area contributed by atoms with Crippen molar-refractivity contribution in [3.05, 3.63) is 65.5 Å². The molecule has 1 amide bonds. The van der Waals surface area contributed by atoms with Crippen LogP contribution in [0.3, 0.4) is 0 Å². The van der Waals surface area contributed by atoms with E-state index in [1.54, 1.807) is 11.0 Å². The van der Waals surface area contributed by atoms with Gasteiger partial charge in [-0.05, 0) is 35.9 Å². The van der Waals surface area contributed by atoms with Gasteiger partial charge >= 0.3 is 6.18 Å². The molecule has 5 nitrogen and oxygen atoms in total. The lowest BCUT2D eigenvalue weighted by Crippen LogP contribution is -2.41. The van der Waals surface area contributed by atoms with Crippen LogP contribution in [0.5, 0.6) is 0 Å². The van der Waals surface area contributed by atoms with E-state index >= 15 is 0 Å². The molecule has 0 atom stereocenters. The molecule has 1 fully saturated rings. The number of para-hydroxylation sites is 2. The second kappa shape index (κ2) is 7.71. The molecule has 1 aromatic heterocycles. The smallest absolute Gasteiger partial charge is 0.378 e. The average Bonchev–Trinajstić information content (AvgIpc) is 3.16. The minimum absolute atomic E-state index is 0.211. The quantitative estimate of drug-likeness (QED) is 0.676. The highest BCUT2D eigenvalue weighted by atomic mass is 19.4. The van der Waals surface area contributed by atoms with Crippen LogP contribution in [-0.2, 0) is 15.7 Å². The number of carbonyl (C=O) groups is 1. The number of nitrogens with one attached hydrogen (secondary N) is 1. The topological polar surface area (TPSA) is 58.2 Å². The molecule has 1 N–H and O–H groups in total. The summed E-state index contributed by atoms with van der Waals surface area (Å²) in [5, 5.41) is 0. The Kier molecular flexibility index (Phi) is 5.10. The maximum Gasteiger partial charge on any atom is 0.416 e. The first-order valence-electron chi connectivity index (χ1n) is 9.13. The Morgan fingerprint density at radius 2 is 1.86 bits per heavy atom. The minimum atomic E-state index is -4.46. The summed E-state index contributed by atoms with van der Waals surface area (Å²) in [4.78, 5) is 22.4. The molecule has 2 aromatic carbocycles. The Balaban J connectivity index is 1.79. The number of rotatable bonds is 3. The van der Waals surface area contributed by atoms with Gasteiger partial charge in [-0.15, -0.1) is 0 Å². The predicted molar refractivity (Wildman–Crippen MR) is 103 cm³/mol. The van der Waals surface area contributed by atoms with Crippen LogP contribution in [0.4, 0.5) is 13.2 Å². The van der Waals surface area contributed by atoms with E-state index < -0.39 is 11.7 Å². The number of hydrogen-bond acceptors (Lipinski definition) is 3. The van der Waals surface area contributed by atoms with Crippen molar-refractivity contribution in [3.8, 4) is 0 Å². The van der Waals surface area contributed by atoms with E-state index in [-0.39, 0.29) is 17.0 Å². The number of hydrogen-bond donors (Lipinski definition) is 1. The molecule has 1 aliphatic heterocycles. The third-order valence-electron chi connectivity index (χ3n) is 4.70. The normalized spacial score (nSPS) is 15.7. The Bertz CT molecular complexity index is 1030. The summed E-state index contributed by atoms with van der Waals surface area (Å²) in [6.45, 7) is 1.67. The number of H-pyrrole nitrogens is 1. The molecule has 29 heavy (non-hydrogen) atoms. The highest BCUT2D eigenvalue weighted by molar-refractivity contribution is 6.23. The van der Waals surface area contributed by atoms with Gasteiger partial charge < -0.3 is 14.6 Å². The summed E-state index contributed by atoms with van der Waals surface area (Å²) in [6, 6.07) is 12.2. The van der Waals surface area contributed by atoms with E-state index in [4.69, 9.17) is 4.74 Å². The fraction of sp³-hybridized carbons (Fsp3) is 0.238. The first-order valence-corrected chi connectivity index (χ1v) is 9.13. The number of morpholine rings is 1. The third kappa shape index (κ3) is 4.17. The maximum absolute atomic E-state index is 13.2. The standard InChI is InChI=1S/C21H18F3N3O2/c22-21(23,24)15-5-3-4-14(12-15)13-16(20(28)27-8-10-29-11-9-27)19-25-17-6-1-2-7-18(17)26-19/h1-7,12-13H,8-11H2,(H,25,26)/b16-13+. The Morgan fingerprint density at radius 3 is 2.59 bits per heavy atom. The highest BCUT2D eigenvalue weighted by Gasteiger charge is 2.30. The van der Waals surface area contributed by atoms with E-state index in [0.29, 0.717) is 37.6 Å². The molecule has 0 spiro atoms. The average molecular weight is 401 g/mol. The predicted octanol–water partition coefficient (Wildman–Crippen LogP) is 3.98. The number of nitrogens with zero attached hydrogens (tertiary/aromatic N) is 2. The van der Waals surface area contributed by atoms with Gasteiger partial charge in [0.15, 0.2) is 0 Å². The maximum atomic E-state index is 13.2. The van der Waals surface area contributed by atoms with Gasteiger partial charge in [0.25, 0.3) is 5.91 Å². The van der Waals surface area contributed by atoms with Crippen molar-refractivity contribution in [2.45, 2.75) is 6.18 Å². The van der Waals surface area contributed by atoms with Gasteiger partial charge in [-0.25, -0.2) is 4.98 Å². The zero-order chi connectivity index (χ0) is 20.4. The number of aromatic nitrogens is 2. The van der Waals surface area contributed by atoms with E-state index in [1.807, 2.05) is 18.2 Å². The number of halogens is 3. The molecule has 1 aliphatic rings. The molecule has 8 heteroatoms. The van der Waals surface area contributed by atoms with Crippen LogP contribution >= 0.6 is 0 Å². The lowest BCUT2D eigenvalue weighted by atomic mass is 10.1. The molecule has 0 bridgehead atoms. The number of alkyl halides is 3. The van der Waals surface area contributed by atoms with Gasteiger partial charge in [-0.2, -0.15) is 13.2 Å². The van der Waals surface area contributed by atoms with Crippen LogP contribution in [0.25, 0.3) is 22.7 Å². The molecule has 0 saturated carbocycles. The second-order valence-corrected chi connectivity index (χ2v) is 6.69. The van der Waals surface area contributed by atoms with Crippen molar-refractivity contribution in [2.24, 2.45) is 0 Å². The molecular weight excluding hydrogens is 383 g/mol.